The molecule has 0 aromatic carbocycles. The van der Waals surface area contributed by atoms with E-state index in [4.69, 9.17) is 0 Å². The summed E-state index contributed by atoms with van der Waals surface area (Å²) < 4.78 is 0. The summed E-state index contributed by atoms with van der Waals surface area (Å²) in [5.74, 6) is -0.204. The van der Waals surface area contributed by atoms with E-state index < -0.39 is 0 Å². The lowest BCUT2D eigenvalue weighted by molar-refractivity contribution is -0.134. The highest BCUT2D eigenvalue weighted by molar-refractivity contribution is 5.89. The maximum absolute atomic E-state index is 12.6. The molecule has 2 amide bonds. The summed E-state index contributed by atoms with van der Waals surface area (Å²) in [6.45, 7) is 1.60. The van der Waals surface area contributed by atoms with E-state index in [0.717, 1.165) is 17.5 Å². The lowest BCUT2D eigenvalue weighted by atomic mass is 10.1. The van der Waals surface area contributed by atoms with E-state index in [1.54, 1.807) is 35.4 Å². The number of nitrogens with zero attached hydrogens (tertiary/aromatic N) is 4. The number of pyridine rings is 1. The van der Waals surface area contributed by atoms with Crippen molar-refractivity contribution in [3.8, 4) is 0 Å². The minimum Gasteiger partial charge on any atom is -0.345 e. The van der Waals surface area contributed by atoms with Gasteiger partial charge in [-0.2, -0.15) is 5.10 Å². The maximum atomic E-state index is 12.6. The van der Waals surface area contributed by atoms with Gasteiger partial charge in [0.1, 0.15) is 0 Å². The van der Waals surface area contributed by atoms with E-state index in [2.05, 4.69) is 15.2 Å². The molecular formula is C17H21N5O2. The largest absolute Gasteiger partial charge is 0.345 e. The summed E-state index contributed by atoms with van der Waals surface area (Å²) in [4.78, 5) is 32.3. The zero-order chi connectivity index (χ0) is 16.9. The summed E-state index contributed by atoms with van der Waals surface area (Å²) in [6.07, 6.45) is 8.07. The quantitative estimate of drug-likeness (QED) is 0.853. The maximum Gasteiger partial charge on any atom is 0.227 e. The van der Waals surface area contributed by atoms with Crippen LogP contribution in [0.3, 0.4) is 0 Å². The van der Waals surface area contributed by atoms with Crippen LogP contribution in [0, 0.1) is 5.92 Å². The molecule has 0 aliphatic carbocycles. The average Bonchev–Trinajstić information content (AvgIpc) is 3.23. The predicted octanol–water partition coefficient (Wildman–Crippen LogP) is 0.854. The predicted molar refractivity (Wildman–Crippen MR) is 87.7 cm³/mol. The van der Waals surface area contributed by atoms with Gasteiger partial charge in [0.25, 0.3) is 0 Å². The fourth-order valence-corrected chi connectivity index (χ4v) is 2.94. The first kappa shape index (κ1) is 16.2. The van der Waals surface area contributed by atoms with Gasteiger partial charge >= 0.3 is 0 Å². The number of carbonyl (C=O) groups is 2. The average molecular weight is 327 g/mol. The van der Waals surface area contributed by atoms with Crippen LogP contribution >= 0.6 is 0 Å². The smallest absolute Gasteiger partial charge is 0.227 e. The summed E-state index contributed by atoms with van der Waals surface area (Å²) in [5, 5.41) is 6.66. The van der Waals surface area contributed by atoms with E-state index in [9.17, 15) is 9.59 Å². The summed E-state index contributed by atoms with van der Waals surface area (Å²) in [7, 11) is 1.79. The Morgan fingerprint density at radius 2 is 2.29 bits per heavy atom. The number of likely N-dealkylation sites (tertiary alicyclic amines) is 1. The third-order valence-corrected chi connectivity index (χ3v) is 4.33. The molecular weight excluding hydrogens is 306 g/mol. The summed E-state index contributed by atoms with van der Waals surface area (Å²) in [6, 6.07) is 3.79. The van der Waals surface area contributed by atoms with Crippen LogP contribution < -0.4 is 0 Å². The fourth-order valence-electron chi connectivity index (χ4n) is 2.94. The first-order chi connectivity index (χ1) is 11.6. The molecule has 1 N–H and O–H groups in total. The number of amides is 2. The molecule has 0 saturated carbocycles. The Bertz CT molecular complexity index is 686. The Hall–Kier alpha value is -2.70. The molecule has 0 unspecified atom stereocenters. The van der Waals surface area contributed by atoms with Crippen LogP contribution in [0.25, 0.3) is 0 Å². The van der Waals surface area contributed by atoms with Crippen LogP contribution in [0.1, 0.15) is 17.5 Å². The van der Waals surface area contributed by atoms with Gasteiger partial charge in [0.2, 0.25) is 11.8 Å². The molecule has 7 nitrogen and oxygen atoms in total. The van der Waals surface area contributed by atoms with Crippen molar-refractivity contribution < 1.29 is 9.59 Å². The minimum absolute atomic E-state index is 0.0282. The topological polar surface area (TPSA) is 82.2 Å². The fraction of sp³-hybridized carbons (Fsp3) is 0.412. The van der Waals surface area contributed by atoms with Gasteiger partial charge in [-0.3, -0.25) is 19.7 Å². The molecule has 1 aliphatic heterocycles. The van der Waals surface area contributed by atoms with Crippen molar-refractivity contribution >= 4 is 11.8 Å². The number of rotatable bonds is 6. The Kier molecular flexibility index (Phi) is 4.88. The molecule has 1 fully saturated rings. The number of carbonyl (C=O) groups excluding carboxylic acids is 2. The molecule has 7 heteroatoms. The van der Waals surface area contributed by atoms with Crippen molar-refractivity contribution in [3.63, 3.8) is 0 Å². The molecule has 2 aromatic heterocycles. The number of likely N-dealkylation sites (N-methyl/N-ethyl adjacent to an activating group) is 1. The second-order valence-electron chi connectivity index (χ2n) is 6.15. The highest BCUT2D eigenvalue weighted by Gasteiger charge is 2.35. The van der Waals surface area contributed by atoms with Gasteiger partial charge in [-0.05, 0) is 23.6 Å². The second kappa shape index (κ2) is 7.25. The number of H-pyrrole nitrogens is 1. The second-order valence-corrected chi connectivity index (χ2v) is 6.15. The zero-order valence-electron chi connectivity index (χ0n) is 13.7. The summed E-state index contributed by atoms with van der Waals surface area (Å²) in [5.41, 5.74) is 2.04. The van der Waals surface area contributed by atoms with E-state index >= 15 is 0 Å². The van der Waals surface area contributed by atoms with Crippen molar-refractivity contribution in [2.24, 2.45) is 5.92 Å². The first-order valence-corrected chi connectivity index (χ1v) is 8.03. The van der Waals surface area contributed by atoms with E-state index in [-0.39, 0.29) is 24.2 Å². The minimum atomic E-state index is -0.261. The standard InChI is InChI=1S/C17H21N5O2/c1-21(6-4-13-9-19-20-10-13)17(24)15-7-16(23)22(12-15)11-14-3-2-5-18-8-14/h2-3,5,8-10,15H,4,6-7,11-12H2,1H3,(H,19,20)/t15-/m1/s1. The van der Waals surface area contributed by atoms with Crippen molar-refractivity contribution in [2.75, 3.05) is 20.1 Å². The highest BCUT2D eigenvalue weighted by Crippen LogP contribution is 2.21. The zero-order valence-corrected chi connectivity index (χ0v) is 13.7. The molecule has 0 spiro atoms. The Morgan fingerprint density at radius 1 is 1.42 bits per heavy atom. The Labute approximate surface area is 140 Å². The molecule has 126 valence electrons. The van der Waals surface area contributed by atoms with Crippen molar-refractivity contribution in [3.05, 3.63) is 48.0 Å². The number of hydrogen-bond donors (Lipinski definition) is 1. The molecule has 1 atom stereocenters. The number of hydrogen-bond acceptors (Lipinski definition) is 4. The van der Waals surface area contributed by atoms with Gasteiger partial charge in [0.15, 0.2) is 0 Å². The van der Waals surface area contributed by atoms with Crippen LogP contribution in [0.5, 0.6) is 0 Å². The van der Waals surface area contributed by atoms with E-state index in [1.165, 1.54) is 0 Å². The molecule has 3 heterocycles. The van der Waals surface area contributed by atoms with Gasteiger partial charge in [-0.15, -0.1) is 0 Å². The molecule has 0 bridgehead atoms. The number of nitrogens with one attached hydrogen (secondary N) is 1. The van der Waals surface area contributed by atoms with Gasteiger partial charge in [-0.1, -0.05) is 6.07 Å². The van der Waals surface area contributed by atoms with Crippen molar-refractivity contribution in [2.45, 2.75) is 19.4 Å². The Morgan fingerprint density at radius 3 is 3.00 bits per heavy atom. The molecule has 1 aliphatic rings. The Balaban J connectivity index is 1.53. The lowest BCUT2D eigenvalue weighted by Crippen LogP contribution is -2.35. The monoisotopic (exact) mass is 327 g/mol. The van der Waals surface area contributed by atoms with Gasteiger partial charge in [-0.25, -0.2) is 0 Å². The van der Waals surface area contributed by atoms with Crippen LogP contribution in [0.2, 0.25) is 0 Å². The van der Waals surface area contributed by atoms with Crippen LogP contribution in [0.15, 0.2) is 36.9 Å². The molecule has 0 radical (unpaired) electrons. The normalized spacial score (nSPS) is 17.3. The van der Waals surface area contributed by atoms with Crippen LogP contribution in [0.4, 0.5) is 0 Å². The SMILES string of the molecule is CN(CCc1cn[nH]c1)C(=O)[C@@H]1CC(=O)N(Cc2cccnc2)C1. The number of aromatic nitrogens is 3. The van der Waals surface area contributed by atoms with Gasteiger partial charge < -0.3 is 9.80 Å². The van der Waals surface area contributed by atoms with Gasteiger partial charge in [0, 0.05) is 51.7 Å². The van der Waals surface area contributed by atoms with Crippen LogP contribution in [-0.2, 0) is 22.6 Å². The molecule has 3 rings (SSSR count). The van der Waals surface area contributed by atoms with Crippen molar-refractivity contribution in [1.82, 2.24) is 25.0 Å². The third kappa shape index (κ3) is 3.79. The molecule has 2 aromatic rings. The number of aromatic amines is 1. The van der Waals surface area contributed by atoms with Crippen molar-refractivity contribution in [1.29, 1.82) is 0 Å². The first-order valence-electron chi connectivity index (χ1n) is 8.03. The molecule has 24 heavy (non-hydrogen) atoms. The van der Waals surface area contributed by atoms with E-state index in [0.29, 0.717) is 19.6 Å². The highest BCUT2D eigenvalue weighted by atomic mass is 16.2. The lowest BCUT2D eigenvalue weighted by Gasteiger charge is -2.21. The third-order valence-electron chi connectivity index (χ3n) is 4.33. The van der Waals surface area contributed by atoms with E-state index in [1.807, 2.05) is 18.3 Å². The summed E-state index contributed by atoms with van der Waals surface area (Å²) >= 11 is 0. The van der Waals surface area contributed by atoms with Gasteiger partial charge in [0.05, 0.1) is 12.1 Å². The van der Waals surface area contributed by atoms with Crippen LogP contribution in [-0.4, -0.2) is 56.9 Å². The molecule has 1 saturated heterocycles.